The molecule has 0 radical (unpaired) electrons. The maximum atomic E-state index is 12.6. The molecule has 0 atom stereocenters. The third-order valence-electron chi connectivity index (χ3n) is 7.47. The molecule has 2 aromatic heterocycles. The number of nitrogens with one attached hydrogen (secondary N) is 1. The second-order valence-corrected chi connectivity index (χ2v) is 13.1. The number of rotatable bonds is 11. The largest absolute Gasteiger partial charge is 0.493 e. The van der Waals surface area contributed by atoms with Crippen molar-refractivity contribution in [1.29, 1.82) is 0 Å². The molecule has 3 heterocycles. The van der Waals surface area contributed by atoms with Crippen molar-refractivity contribution in [2.45, 2.75) is 25.9 Å². The van der Waals surface area contributed by atoms with Gasteiger partial charge in [-0.1, -0.05) is 17.7 Å². The van der Waals surface area contributed by atoms with Gasteiger partial charge >= 0.3 is 10.1 Å². The Hall–Kier alpha value is -5.41. The molecule has 1 fully saturated rings. The average molecular weight is 707 g/mol. The summed E-state index contributed by atoms with van der Waals surface area (Å²) in [5, 5.41) is 12.3. The molecule has 1 N–H and O–H groups in total. The number of hydrogen-bond acceptors (Lipinski definition) is 13. The second-order valence-electron chi connectivity index (χ2n) is 11.1. The summed E-state index contributed by atoms with van der Waals surface area (Å²) >= 11 is 6.68. The van der Waals surface area contributed by atoms with Crippen LogP contribution in [0.1, 0.15) is 18.7 Å². The van der Waals surface area contributed by atoms with E-state index < -0.39 is 21.8 Å². The van der Waals surface area contributed by atoms with Gasteiger partial charge in [0.2, 0.25) is 11.8 Å². The van der Waals surface area contributed by atoms with Crippen molar-refractivity contribution in [3.8, 4) is 34.5 Å². The maximum absolute atomic E-state index is 12.6. The normalized spacial score (nSPS) is 13.6. The second kappa shape index (κ2) is 14.0. The first-order chi connectivity index (χ1) is 23.5. The number of anilines is 2. The Kier molecular flexibility index (Phi) is 9.56. The lowest BCUT2D eigenvalue weighted by molar-refractivity contribution is -0.131. The molecule has 5 aromatic rings. The summed E-state index contributed by atoms with van der Waals surface area (Å²) in [7, 11) is -2.32. The van der Waals surface area contributed by atoms with Crippen molar-refractivity contribution in [2.24, 2.45) is 0 Å². The molecular weight excluding hydrogens is 676 g/mol. The molecule has 0 aliphatic carbocycles. The van der Waals surface area contributed by atoms with E-state index >= 15 is 0 Å². The van der Waals surface area contributed by atoms with Crippen LogP contribution in [0.2, 0.25) is 5.02 Å². The van der Waals surface area contributed by atoms with Gasteiger partial charge in [-0.25, -0.2) is 9.97 Å². The summed E-state index contributed by atoms with van der Waals surface area (Å²) in [6, 6.07) is 16.1. The highest BCUT2D eigenvalue weighted by atomic mass is 35.5. The lowest BCUT2D eigenvalue weighted by Crippen LogP contribution is -2.42. The van der Waals surface area contributed by atoms with E-state index in [0.717, 1.165) is 11.8 Å². The Bertz CT molecular complexity index is 2150. The Morgan fingerprint density at radius 2 is 1.82 bits per heavy atom. The summed E-state index contributed by atoms with van der Waals surface area (Å²) in [5.41, 5.74) is 1.92. The molecule has 6 rings (SSSR count). The van der Waals surface area contributed by atoms with Crippen molar-refractivity contribution in [3.05, 3.63) is 84.2 Å². The van der Waals surface area contributed by atoms with Gasteiger partial charge < -0.3 is 33.0 Å². The van der Waals surface area contributed by atoms with Gasteiger partial charge in [0.05, 0.1) is 29.6 Å². The highest BCUT2D eigenvalue weighted by Crippen LogP contribution is 2.38. The van der Waals surface area contributed by atoms with Crippen LogP contribution in [0.5, 0.6) is 23.0 Å². The molecule has 49 heavy (non-hydrogen) atoms. The maximum Gasteiger partial charge on any atom is 0.306 e. The lowest BCUT2D eigenvalue weighted by atomic mass is 10.1. The van der Waals surface area contributed by atoms with Gasteiger partial charge in [-0.15, -0.1) is 10.2 Å². The van der Waals surface area contributed by atoms with E-state index in [1.807, 2.05) is 18.2 Å². The molecule has 0 unspecified atom stereocenters. The zero-order valence-corrected chi connectivity index (χ0v) is 28.2. The van der Waals surface area contributed by atoms with Crippen molar-refractivity contribution in [1.82, 2.24) is 25.1 Å². The summed E-state index contributed by atoms with van der Waals surface area (Å²) in [4.78, 5) is 22.9. The Morgan fingerprint density at radius 3 is 2.51 bits per heavy atom. The van der Waals surface area contributed by atoms with Crippen LogP contribution < -0.4 is 19.5 Å². The lowest BCUT2D eigenvalue weighted by Gasteiger charge is -2.32. The zero-order valence-electron chi connectivity index (χ0n) is 26.7. The molecule has 254 valence electrons. The van der Waals surface area contributed by atoms with Gasteiger partial charge in [-0.3, -0.25) is 4.79 Å². The molecule has 1 aliphatic heterocycles. The van der Waals surface area contributed by atoms with E-state index in [9.17, 15) is 13.2 Å². The number of fused-ring (bicyclic) bond motifs is 1. The van der Waals surface area contributed by atoms with E-state index in [0.29, 0.717) is 88.1 Å². The smallest absolute Gasteiger partial charge is 0.306 e. The number of aryl methyl sites for hydroxylation is 1. The first-order valence-corrected chi connectivity index (χ1v) is 17.2. The third kappa shape index (κ3) is 8.01. The predicted molar refractivity (Wildman–Crippen MR) is 181 cm³/mol. The van der Waals surface area contributed by atoms with E-state index in [-0.39, 0.29) is 6.10 Å². The van der Waals surface area contributed by atoms with Crippen LogP contribution in [-0.4, -0.2) is 71.9 Å². The summed E-state index contributed by atoms with van der Waals surface area (Å²) in [6.45, 7) is 5.82. The van der Waals surface area contributed by atoms with Crippen LogP contribution in [0.3, 0.4) is 0 Å². The van der Waals surface area contributed by atoms with Crippen LogP contribution >= 0.6 is 11.6 Å². The van der Waals surface area contributed by atoms with Crippen LogP contribution in [0.15, 0.2) is 77.7 Å². The minimum absolute atomic E-state index is 0.251. The average Bonchev–Trinajstić information content (AvgIpc) is 3.51. The van der Waals surface area contributed by atoms with Crippen LogP contribution in [0.4, 0.5) is 11.5 Å². The molecule has 1 aliphatic rings. The number of carbonyl (C=O) groups is 1. The number of methoxy groups -OCH3 is 1. The number of ether oxygens (including phenoxy) is 3. The standard InChI is InChI=1S/C33H31ClN6O8S/c1-19(48-49(4,42)43)33(41)40-12-10-22(11-13-40)47-30-16-25-28(17-29(30)44-3)35-18-36-31(25)37-27-9-8-24(15-26(27)34)46-23-7-5-6-21(14-23)32-39-38-20(2)45-32/h5-9,14-18,22H,1,10-13H2,2-4H3,(H,35,36,37). The van der Waals surface area contributed by atoms with Crippen LogP contribution in [0.25, 0.3) is 22.4 Å². The number of nitrogens with zero attached hydrogens (tertiary/aromatic N) is 5. The summed E-state index contributed by atoms with van der Waals surface area (Å²) in [5.74, 6) is 2.35. The predicted octanol–water partition coefficient (Wildman–Crippen LogP) is 6.05. The molecule has 16 heteroatoms. The number of benzene rings is 3. The first kappa shape index (κ1) is 33.5. The highest BCUT2D eigenvalue weighted by Gasteiger charge is 2.28. The van der Waals surface area contributed by atoms with Crippen LogP contribution in [0, 0.1) is 6.92 Å². The Labute approximate surface area is 286 Å². The van der Waals surface area contributed by atoms with Crippen molar-refractivity contribution in [3.63, 3.8) is 0 Å². The molecule has 1 saturated heterocycles. The van der Waals surface area contributed by atoms with Crippen molar-refractivity contribution >= 4 is 50.0 Å². The quantitative estimate of drug-likeness (QED) is 0.0959. The van der Waals surface area contributed by atoms with E-state index in [1.54, 1.807) is 43.3 Å². The molecule has 0 spiro atoms. The fourth-order valence-electron chi connectivity index (χ4n) is 5.20. The molecular formula is C33H31ClN6O8S. The van der Waals surface area contributed by atoms with Crippen molar-refractivity contribution < 1.29 is 36.0 Å². The minimum Gasteiger partial charge on any atom is -0.493 e. The van der Waals surface area contributed by atoms with Gasteiger partial charge in [0.1, 0.15) is 29.7 Å². The molecule has 3 aromatic carbocycles. The summed E-state index contributed by atoms with van der Waals surface area (Å²) < 4.78 is 50.9. The van der Waals surface area contributed by atoms with E-state index in [2.05, 4.69) is 36.2 Å². The number of hydrogen-bond donors (Lipinski definition) is 1. The monoisotopic (exact) mass is 706 g/mol. The van der Waals surface area contributed by atoms with Gasteiger partial charge in [0.25, 0.3) is 5.91 Å². The van der Waals surface area contributed by atoms with Gasteiger partial charge in [0, 0.05) is 55.9 Å². The number of carbonyl (C=O) groups excluding carboxylic acids is 1. The molecule has 0 bridgehead atoms. The zero-order chi connectivity index (χ0) is 34.7. The van der Waals surface area contributed by atoms with E-state index in [4.69, 9.17) is 30.2 Å². The Balaban J connectivity index is 1.15. The number of piperidine rings is 1. The first-order valence-electron chi connectivity index (χ1n) is 15.0. The fourth-order valence-corrected chi connectivity index (χ4v) is 5.85. The number of aromatic nitrogens is 4. The number of amides is 1. The Morgan fingerprint density at radius 1 is 1.04 bits per heavy atom. The topological polar surface area (TPSA) is 168 Å². The SMILES string of the molecule is C=C(OS(C)(=O)=O)C(=O)N1CCC(Oc2cc3c(Nc4ccc(Oc5cccc(-c6nnc(C)o6)c5)cc4Cl)ncnc3cc2OC)CC1. The van der Waals surface area contributed by atoms with Crippen molar-refractivity contribution in [2.75, 3.05) is 31.8 Å². The third-order valence-corrected chi connectivity index (χ3v) is 8.29. The summed E-state index contributed by atoms with van der Waals surface area (Å²) in [6.07, 6.45) is 3.01. The van der Waals surface area contributed by atoms with Gasteiger partial charge in [0.15, 0.2) is 17.3 Å². The number of halogens is 1. The van der Waals surface area contributed by atoms with Gasteiger partial charge in [-0.05, 0) is 43.0 Å². The van der Waals surface area contributed by atoms with Gasteiger partial charge in [-0.2, -0.15) is 8.42 Å². The molecule has 1 amide bonds. The molecule has 14 nitrogen and oxygen atoms in total. The highest BCUT2D eigenvalue weighted by molar-refractivity contribution is 7.86. The fraction of sp³-hybridized carbons (Fsp3) is 0.242. The van der Waals surface area contributed by atoms with E-state index in [1.165, 1.54) is 18.3 Å². The minimum atomic E-state index is -3.85. The van der Waals surface area contributed by atoms with Crippen LogP contribution in [-0.2, 0) is 19.1 Å². The molecule has 0 saturated carbocycles. The number of likely N-dealkylation sites (tertiary alicyclic amines) is 1.